The molecule has 11 rings (SSSR count). The van der Waals surface area contributed by atoms with E-state index in [2.05, 4.69) is 156 Å². The maximum Gasteiger partial charge on any atom is 0.164 e. The van der Waals surface area contributed by atoms with E-state index < -0.39 is 0 Å². The molecule has 0 radical (unpaired) electrons. The molecule has 2 aromatic heterocycles. The Morgan fingerprint density at radius 3 is 1.88 bits per heavy atom. The van der Waals surface area contributed by atoms with Crippen molar-refractivity contribution < 1.29 is 0 Å². The van der Waals surface area contributed by atoms with Gasteiger partial charge >= 0.3 is 0 Å². The van der Waals surface area contributed by atoms with Gasteiger partial charge in [-0.2, -0.15) is 0 Å². The fourth-order valence-electron chi connectivity index (χ4n) is 8.47. The number of para-hydroxylation sites is 1. The van der Waals surface area contributed by atoms with Crippen LogP contribution in [0.15, 0.2) is 170 Å². The first kappa shape index (κ1) is 28.2. The standard InChI is InChI=1S/C47H30N4/c1-2-12-30(13-3-1)45-48-46(50-47(49-45)33-27-32-14-10-19-39-36-16-6-7-17-37(36)41(28-33)43(32)39)31-21-24-34(25-22-31)51-42-20-9-8-18-38(42)40-26-23-29-11-4-5-15-35(29)44(40)51/h1-28,36-37H. The van der Waals surface area contributed by atoms with Gasteiger partial charge in [-0.05, 0) is 69.8 Å². The minimum atomic E-state index is 0.315. The lowest BCUT2D eigenvalue weighted by atomic mass is 9.86. The molecule has 9 aromatic rings. The number of allylic oxidation sites excluding steroid dienone is 4. The summed E-state index contributed by atoms with van der Waals surface area (Å²) in [6.45, 7) is 0. The maximum absolute atomic E-state index is 5.17. The molecular formula is C47H30N4. The van der Waals surface area contributed by atoms with Gasteiger partial charge in [-0.15, -0.1) is 0 Å². The zero-order valence-corrected chi connectivity index (χ0v) is 27.6. The molecule has 0 bridgehead atoms. The van der Waals surface area contributed by atoms with Crippen molar-refractivity contribution in [1.29, 1.82) is 0 Å². The van der Waals surface area contributed by atoms with Crippen LogP contribution < -0.4 is 0 Å². The van der Waals surface area contributed by atoms with Crippen molar-refractivity contribution >= 4 is 43.4 Å². The number of benzene rings is 7. The van der Waals surface area contributed by atoms with Crippen molar-refractivity contribution in [3.05, 3.63) is 181 Å². The highest BCUT2D eigenvalue weighted by Crippen LogP contribution is 2.50. The Hall–Kier alpha value is -6.65. The van der Waals surface area contributed by atoms with E-state index in [1.165, 1.54) is 54.5 Å². The van der Waals surface area contributed by atoms with Crippen molar-refractivity contribution in [3.63, 3.8) is 0 Å². The second-order valence-corrected chi connectivity index (χ2v) is 13.6. The zero-order chi connectivity index (χ0) is 33.5. The van der Waals surface area contributed by atoms with Gasteiger partial charge < -0.3 is 4.57 Å². The van der Waals surface area contributed by atoms with Crippen LogP contribution in [0.1, 0.15) is 23.0 Å². The highest BCUT2D eigenvalue weighted by Gasteiger charge is 2.32. The monoisotopic (exact) mass is 650 g/mol. The fraction of sp³-hybridized carbons (Fsp3) is 0.0426. The van der Waals surface area contributed by atoms with Gasteiger partial charge in [0.15, 0.2) is 17.5 Å². The van der Waals surface area contributed by atoms with Crippen LogP contribution in [0.3, 0.4) is 0 Å². The fourth-order valence-corrected chi connectivity index (χ4v) is 8.47. The van der Waals surface area contributed by atoms with Crippen molar-refractivity contribution in [2.45, 2.75) is 11.8 Å². The molecule has 0 N–H and O–H groups in total. The topological polar surface area (TPSA) is 43.6 Å². The Morgan fingerprint density at radius 1 is 0.431 bits per heavy atom. The summed E-state index contributed by atoms with van der Waals surface area (Å²) < 4.78 is 2.39. The van der Waals surface area contributed by atoms with Crippen LogP contribution in [0.4, 0.5) is 0 Å². The van der Waals surface area contributed by atoms with E-state index in [4.69, 9.17) is 15.0 Å². The lowest BCUT2D eigenvalue weighted by Crippen LogP contribution is -2.03. The van der Waals surface area contributed by atoms with Crippen LogP contribution in [-0.4, -0.2) is 19.5 Å². The minimum Gasteiger partial charge on any atom is -0.309 e. The molecule has 0 spiro atoms. The molecule has 2 aliphatic carbocycles. The molecule has 2 unspecified atom stereocenters. The van der Waals surface area contributed by atoms with Crippen molar-refractivity contribution in [2.24, 2.45) is 0 Å². The summed E-state index contributed by atoms with van der Waals surface area (Å²) in [7, 11) is 0. The van der Waals surface area contributed by atoms with E-state index in [0.29, 0.717) is 29.3 Å². The van der Waals surface area contributed by atoms with Gasteiger partial charge in [-0.3, -0.25) is 0 Å². The minimum absolute atomic E-state index is 0.315. The Morgan fingerprint density at radius 2 is 1.08 bits per heavy atom. The first-order valence-corrected chi connectivity index (χ1v) is 17.5. The molecule has 0 aliphatic heterocycles. The molecule has 4 heteroatoms. The number of hydrogen-bond donors (Lipinski definition) is 0. The lowest BCUT2D eigenvalue weighted by molar-refractivity contribution is 0.769. The van der Waals surface area contributed by atoms with Crippen LogP contribution in [0.25, 0.3) is 83.2 Å². The summed E-state index contributed by atoms with van der Waals surface area (Å²) >= 11 is 0. The second kappa shape index (κ2) is 10.9. The van der Waals surface area contributed by atoms with Crippen LogP contribution in [0.5, 0.6) is 0 Å². The van der Waals surface area contributed by atoms with Crippen molar-refractivity contribution in [3.8, 4) is 39.9 Å². The summed E-state index contributed by atoms with van der Waals surface area (Å²) in [5, 5.41) is 7.54. The van der Waals surface area contributed by atoms with Gasteiger partial charge in [-0.1, -0.05) is 127 Å². The Bertz CT molecular complexity index is 2920. The lowest BCUT2D eigenvalue weighted by Gasteiger charge is -2.17. The van der Waals surface area contributed by atoms with Crippen LogP contribution in [-0.2, 0) is 0 Å². The van der Waals surface area contributed by atoms with Gasteiger partial charge in [0.1, 0.15) is 0 Å². The first-order chi connectivity index (χ1) is 25.3. The third-order valence-electron chi connectivity index (χ3n) is 10.8. The average molecular weight is 651 g/mol. The molecule has 2 aliphatic rings. The molecule has 0 amide bonds. The smallest absolute Gasteiger partial charge is 0.164 e. The largest absolute Gasteiger partial charge is 0.309 e. The molecule has 0 saturated carbocycles. The molecule has 2 heterocycles. The highest BCUT2D eigenvalue weighted by molar-refractivity contribution is 6.18. The predicted octanol–water partition coefficient (Wildman–Crippen LogP) is 11.6. The van der Waals surface area contributed by atoms with Gasteiger partial charge in [0.2, 0.25) is 0 Å². The third kappa shape index (κ3) is 4.30. The molecule has 2 atom stereocenters. The maximum atomic E-state index is 5.17. The summed E-state index contributed by atoms with van der Waals surface area (Å²) in [5.41, 5.74) is 9.15. The molecule has 51 heavy (non-hydrogen) atoms. The third-order valence-corrected chi connectivity index (χ3v) is 10.8. The quantitative estimate of drug-likeness (QED) is 0.190. The molecule has 0 saturated heterocycles. The van der Waals surface area contributed by atoms with E-state index in [0.717, 1.165) is 22.4 Å². The number of rotatable bonds is 4. The predicted molar refractivity (Wildman–Crippen MR) is 209 cm³/mol. The van der Waals surface area contributed by atoms with E-state index in [1.54, 1.807) is 0 Å². The van der Waals surface area contributed by atoms with E-state index >= 15 is 0 Å². The number of hydrogen-bond acceptors (Lipinski definition) is 3. The molecule has 7 aromatic carbocycles. The summed E-state index contributed by atoms with van der Waals surface area (Å²) in [4.78, 5) is 15.3. The van der Waals surface area contributed by atoms with Gasteiger partial charge in [-0.25, -0.2) is 15.0 Å². The first-order valence-electron chi connectivity index (χ1n) is 17.5. The highest BCUT2D eigenvalue weighted by atomic mass is 15.0. The zero-order valence-electron chi connectivity index (χ0n) is 27.6. The van der Waals surface area contributed by atoms with E-state index in [1.807, 2.05) is 18.2 Å². The van der Waals surface area contributed by atoms with Gasteiger partial charge in [0.25, 0.3) is 0 Å². The molecule has 238 valence electrons. The van der Waals surface area contributed by atoms with Crippen molar-refractivity contribution in [2.75, 3.05) is 0 Å². The van der Waals surface area contributed by atoms with Crippen LogP contribution in [0, 0.1) is 0 Å². The Balaban J connectivity index is 1.08. The number of nitrogens with zero attached hydrogens (tertiary/aromatic N) is 4. The Kier molecular flexibility index (Phi) is 6.05. The molecular weight excluding hydrogens is 621 g/mol. The second-order valence-electron chi connectivity index (χ2n) is 13.6. The van der Waals surface area contributed by atoms with E-state index in [-0.39, 0.29) is 0 Å². The van der Waals surface area contributed by atoms with Crippen molar-refractivity contribution in [1.82, 2.24) is 19.5 Å². The summed E-state index contributed by atoms with van der Waals surface area (Å²) in [6.07, 6.45) is 9.01. The van der Waals surface area contributed by atoms with Crippen LogP contribution in [0.2, 0.25) is 0 Å². The van der Waals surface area contributed by atoms with Gasteiger partial charge in [0, 0.05) is 50.4 Å². The number of fused-ring (bicyclic) bond motifs is 8. The molecule has 0 fully saturated rings. The summed E-state index contributed by atoms with van der Waals surface area (Å²) in [5.74, 6) is 2.68. The average Bonchev–Trinajstić information content (AvgIpc) is 3.72. The van der Waals surface area contributed by atoms with E-state index in [9.17, 15) is 0 Å². The van der Waals surface area contributed by atoms with Gasteiger partial charge in [0.05, 0.1) is 11.0 Å². The normalized spacial score (nSPS) is 16.1. The summed E-state index contributed by atoms with van der Waals surface area (Å²) in [6, 6.07) is 51.9. The number of aromatic nitrogens is 4. The SMILES string of the molecule is C1=CC2c3cccc4cc(-c5nc(-c6ccccc6)nc(-c6ccc(-n7c8ccccc8c8ccc9ccccc9c87)cc6)n5)cc(c34)C2C=C1. The molecule has 4 nitrogen and oxygen atoms in total. The van der Waals surface area contributed by atoms with Crippen LogP contribution >= 0.6 is 0 Å². The Labute approximate surface area is 294 Å².